The molecule has 4 heterocycles. The lowest BCUT2D eigenvalue weighted by Crippen LogP contribution is -2.43. The van der Waals surface area contributed by atoms with Gasteiger partial charge in [0, 0.05) is 60.5 Å². The topological polar surface area (TPSA) is 94.5 Å². The van der Waals surface area contributed by atoms with E-state index in [1.54, 1.807) is 6.20 Å². The van der Waals surface area contributed by atoms with E-state index in [4.69, 9.17) is 15.5 Å². The second-order valence-electron chi connectivity index (χ2n) is 11.0. The van der Waals surface area contributed by atoms with Crippen LogP contribution in [-0.2, 0) is 4.74 Å². The lowest BCUT2D eigenvalue weighted by Gasteiger charge is -2.33. The van der Waals surface area contributed by atoms with E-state index in [0.717, 1.165) is 66.1 Å². The molecule has 3 aromatic rings. The zero-order chi connectivity index (χ0) is 25.5. The number of rotatable bonds is 7. The van der Waals surface area contributed by atoms with Gasteiger partial charge in [-0.25, -0.2) is 0 Å². The number of nitrogens with two attached hydrogens (primary N) is 1. The fourth-order valence-electron chi connectivity index (χ4n) is 6.39. The summed E-state index contributed by atoms with van der Waals surface area (Å²) >= 11 is 0. The van der Waals surface area contributed by atoms with Crippen molar-refractivity contribution < 1.29 is 4.74 Å². The van der Waals surface area contributed by atoms with Crippen LogP contribution >= 0.6 is 0 Å². The molecular weight excluding hydrogens is 462 g/mol. The van der Waals surface area contributed by atoms with Crippen molar-refractivity contribution in [3.63, 3.8) is 0 Å². The average Bonchev–Trinajstić information content (AvgIpc) is 3.23. The molecule has 2 N–H and O–H groups in total. The lowest BCUT2D eigenvalue weighted by molar-refractivity contribution is 0.0150. The number of morpholine rings is 1. The molecule has 2 saturated carbocycles. The third-order valence-corrected chi connectivity index (χ3v) is 8.30. The van der Waals surface area contributed by atoms with Gasteiger partial charge in [-0.3, -0.25) is 24.5 Å². The highest BCUT2D eigenvalue weighted by molar-refractivity contribution is 6.04. The van der Waals surface area contributed by atoms with Crippen molar-refractivity contribution in [2.24, 2.45) is 28.5 Å². The standard InChI is InChI=1S/C29H37N7O/c1-18(2)34-26(29-22-13-21(14-23(22)29)35-8-10-37-11-9-35)15-24(30)20-12-28-27(32-16-20)17-33-36(28)19(3)25-6-4-5-7-31-25/h4-7,12,15-19,21-23,29H,8-11,13-14,30H2,1-3H3/t19-,21?,22-,23+,29?/m0/s1. The van der Waals surface area contributed by atoms with Gasteiger partial charge in [0.1, 0.15) is 5.52 Å². The summed E-state index contributed by atoms with van der Waals surface area (Å²) in [5, 5.41) is 4.61. The van der Waals surface area contributed by atoms with E-state index in [1.165, 1.54) is 12.8 Å². The highest BCUT2D eigenvalue weighted by Gasteiger charge is 2.58. The summed E-state index contributed by atoms with van der Waals surface area (Å²) in [6.07, 6.45) is 10.1. The van der Waals surface area contributed by atoms with Gasteiger partial charge < -0.3 is 10.5 Å². The van der Waals surface area contributed by atoms with Crippen molar-refractivity contribution in [1.29, 1.82) is 0 Å². The number of allylic oxidation sites excluding steroid dienone is 1. The number of aromatic nitrogens is 4. The quantitative estimate of drug-likeness (QED) is 0.495. The van der Waals surface area contributed by atoms with Crippen molar-refractivity contribution in [3.05, 3.63) is 60.2 Å². The molecule has 8 heteroatoms. The van der Waals surface area contributed by atoms with Crippen LogP contribution in [0.15, 0.2) is 53.9 Å². The number of hydrogen-bond acceptors (Lipinski definition) is 7. The molecule has 0 spiro atoms. The first kappa shape index (κ1) is 24.2. The molecule has 2 aliphatic carbocycles. The molecule has 0 amide bonds. The summed E-state index contributed by atoms with van der Waals surface area (Å²) in [4.78, 5) is 16.9. The monoisotopic (exact) mass is 499 g/mol. The van der Waals surface area contributed by atoms with Gasteiger partial charge in [-0.05, 0) is 69.7 Å². The van der Waals surface area contributed by atoms with E-state index in [9.17, 15) is 0 Å². The number of ether oxygens (including phenoxy) is 1. The Morgan fingerprint density at radius 3 is 2.59 bits per heavy atom. The average molecular weight is 500 g/mol. The normalized spacial score (nSPS) is 27.6. The van der Waals surface area contributed by atoms with Gasteiger partial charge >= 0.3 is 0 Å². The van der Waals surface area contributed by atoms with Gasteiger partial charge in [-0.15, -0.1) is 0 Å². The maximum Gasteiger partial charge on any atom is 0.108 e. The minimum absolute atomic E-state index is 0.00994. The highest BCUT2D eigenvalue weighted by Crippen LogP contribution is 2.59. The largest absolute Gasteiger partial charge is 0.398 e. The fourth-order valence-corrected chi connectivity index (χ4v) is 6.39. The predicted octanol–water partition coefficient (Wildman–Crippen LogP) is 3.94. The van der Waals surface area contributed by atoms with Crippen LogP contribution in [0.4, 0.5) is 0 Å². The Bertz CT molecular complexity index is 1300. The SMILES string of the molecule is CC(C)N=C(C=C(N)c1cnc2cnn([C@@H](C)c3ccccn3)c2c1)C1[C@H]2CC(N3CCOCC3)C[C@@H]12. The molecule has 3 aliphatic rings. The number of aliphatic imine (C=N–C) groups is 1. The van der Waals surface area contributed by atoms with E-state index < -0.39 is 0 Å². The van der Waals surface area contributed by atoms with Crippen LogP contribution in [0, 0.1) is 17.8 Å². The summed E-state index contributed by atoms with van der Waals surface area (Å²) in [5.74, 6) is 1.95. The molecule has 1 saturated heterocycles. The number of pyridine rings is 2. The maximum atomic E-state index is 6.70. The molecule has 1 aliphatic heterocycles. The maximum absolute atomic E-state index is 6.70. The molecule has 3 fully saturated rings. The highest BCUT2D eigenvalue weighted by atomic mass is 16.5. The first-order valence-corrected chi connectivity index (χ1v) is 13.6. The molecule has 5 atom stereocenters. The molecule has 0 bridgehead atoms. The minimum atomic E-state index is -0.00994. The molecule has 194 valence electrons. The Labute approximate surface area is 218 Å². The minimum Gasteiger partial charge on any atom is -0.398 e. The summed E-state index contributed by atoms with van der Waals surface area (Å²) in [6.45, 7) is 10.3. The van der Waals surface area contributed by atoms with Crippen molar-refractivity contribution in [2.75, 3.05) is 26.3 Å². The van der Waals surface area contributed by atoms with Gasteiger partial charge in [-0.1, -0.05) is 6.07 Å². The molecular formula is C29H37N7O. The van der Waals surface area contributed by atoms with Crippen LogP contribution in [0.3, 0.4) is 0 Å². The fraction of sp³-hybridized carbons (Fsp3) is 0.517. The van der Waals surface area contributed by atoms with Crippen molar-refractivity contribution in [1.82, 2.24) is 24.6 Å². The first-order chi connectivity index (χ1) is 18.0. The van der Waals surface area contributed by atoms with Gasteiger partial charge in [0.2, 0.25) is 0 Å². The van der Waals surface area contributed by atoms with Crippen LogP contribution in [0.2, 0.25) is 0 Å². The first-order valence-electron chi connectivity index (χ1n) is 13.6. The van der Waals surface area contributed by atoms with Crippen LogP contribution < -0.4 is 5.73 Å². The van der Waals surface area contributed by atoms with E-state index in [-0.39, 0.29) is 12.1 Å². The zero-order valence-corrected chi connectivity index (χ0v) is 22.0. The number of hydrogen-bond donors (Lipinski definition) is 1. The summed E-state index contributed by atoms with van der Waals surface area (Å²) in [6, 6.07) is 8.96. The molecule has 3 aromatic heterocycles. The van der Waals surface area contributed by atoms with Crippen LogP contribution in [0.5, 0.6) is 0 Å². The van der Waals surface area contributed by atoms with E-state index in [0.29, 0.717) is 17.7 Å². The van der Waals surface area contributed by atoms with E-state index >= 15 is 0 Å². The lowest BCUT2D eigenvalue weighted by atomic mass is 10.0. The summed E-state index contributed by atoms with van der Waals surface area (Å²) in [5.41, 5.74) is 12.2. The van der Waals surface area contributed by atoms with Crippen LogP contribution in [0.25, 0.3) is 16.7 Å². The Hall–Kier alpha value is -3.10. The second-order valence-corrected chi connectivity index (χ2v) is 11.0. The van der Waals surface area contributed by atoms with Gasteiger partial charge in [0.05, 0.1) is 36.7 Å². The smallest absolute Gasteiger partial charge is 0.108 e. The van der Waals surface area contributed by atoms with Gasteiger partial charge in [0.15, 0.2) is 0 Å². The Balaban J connectivity index is 1.23. The molecule has 0 radical (unpaired) electrons. The van der Waals surface area contributed by atoms with E-state index in [1.807, 2.05) is 35.3 Å². The third kappa shape index (κ3) is 4.80. The molecule has 37 heavy (non-hydrogen) atoms. The zero-order valence-electron chi connectivity index (χ0n) is 22.0. The van der Waals surface area contributed by atoms with E-state index in [2.05, 4.69) is 52.9 Å². The predicted molar refractivity (Wildman–Crippen MR) is 146 cm³/mol. The van der Waals surface area contributed by atoms with Crippen molar-refractivity contribution in [3.8, 4) is 0 Å². The Kier molecular flexibility index (Phi) is 6.55. The Morgan fingerprint density at radius 1 is 1.11 bits per heavy atom. The second kappa shape index (κ2) is 9.99. The Morgan fingerprint density at radius 2 is 1.89 bits per heavy atom. The summed E-state index contributed by atoms with van der Waals surface area (Å²) in [7, 11) is 0. The molecule has 0 aromatic carbocycles. The molecule has 8 nitrogen and oxygen atoms in total. The molecule has 2 unspecified atom stereocenters. The molecule has 6 rings (SSSR count). The third-order valence-electron chi connectivity index (χ3n) is 8.30. The van der Waals surface area contributed by atoms with Crippen molar-refractivity contribution in [2.45, 2.75) is 51.7 Å². The summed E-state index contributed by atoms with van der Waals surface area (Å²) < 4.78 is 7.53. The van der Waals surface area contributed by atoms with Gasteiger partial charge in [0.25, 0.3) is 0 Å². The van der Waals surface area contributed by atoms with Crippen molar-refractivity contribution >= 4 is 22.4 Å². The number of nitrogens with zero attached hydrogens (tertiary/aromatic N) is 6. The number of fused-ring (bicyclic) bond motifs is 2. The van der Waals surface area contributed by atoms with Crippen LogP contribution in [-0.4, -0.2) is 68.7 Å². The van der Waals surface area contributed by atoms with Crippen LogP contribution in [0.1, 0.15) is 50.9 Å². The van der Waals surface area contributed by atoms with Gasteiger partial charge in [-0.2, -0.15) is 5.10 Å².